The van der Waals surface area contributed by atoms with E-state index in [1.54, 1.807) is 25.7 Å². The van der Waals surface area contributed by atoms with Crippen LogP contribution in [0.4, 0.5) is 0 Å². The maximum absolute atomic E-state index is 6.25. The molecule has 0 radical (unpaired) electrons. The second-order valence-electron chi connectivity index (χ2n) is 4.21. The summed E-state index contributed by atoms with van der Waals surface area (Å²) >= 11 is 9.80. The molecule has 0 aromatic carbocycles. The van der Waals surface area contributed by atoms with Gasteiger partial charge in [-0.1, -0.05) is 11.6 Å². The number of methoxy groups -OCH3 is 1. The lowest BCUT2D eigenvalue weighted by molar-refractivity contribution is 0.182. The van der Waals surface area contributed by atoms with Gasteiger partial charge in [-0.05, 0) is 34.6 Å². The number of aromatic nitrogens is 3. The Morgan fingerprint density at radius 1 is 1.50 bits per heavy atom. The third-order valence-corrected chi connectivity index (χ3v) is 3.94. The lowest BCUT2D eigenvalue weighted by Crippen LogP contribution is -2.23. The minimum Gasteiger partial charge on any atom is -0.383 e. The van der Waals surface area contributed by atoms with Crippen molar-refractivity contribution in [2.75, 3.05) is 20.8 Å². The Morgan fingerprint density at radius 3 is 2.95 bits per heavy atom. The summed E-state index contributed by atoms with van der Waals surface area (Å²) in [6.07, 6.45) is 5.16. The van der Waals surface area contributed by atoms with Crippen LogP contribution in [0.2, 0.25) is 5.02 Å². The molecule has 2 heterocycles. The number of hydrogen-bond acceptors (Lipinski definition) is 4. The van der Waals surface area contributed by atoms with E-state index in [4.69, 9.17) is 16.3 Å². The summed E-state index contributed by atoms with van der Waals surface area (Å²) in [6.45, 7) is 1.28. The normalized spacial score (nSPS) is 12.6. The Hall–Kier alpha value is -0.950. The van der Waals surface area contributed by atoms with Crippen molar-refractivity contribution in [3.63, 3.8) is 0 Å². The molecular weight excluding hydrogens is 344 g/mol. The van der Waals surface area contributed by atoms with Gasteiger partial charge in [0, 0.05) is 19.5 Å². The Morgan fingerprint density at radius 2 is 2.30 bits per heavy atom. The summed E-state index contributed by atoms with van der Waals surface area (Å²) in [4.78, 5) is 4.02. The number of rotatable bonds is 6. The summed E-state index contributed by atoms with van der Waals surface area (Å²) < 4.78 is 7.96. The average molecular weight is 360 g/mol. The van der Waals surface area contributed by atoms with Gasteiger partial charge in [-0.25, -0.2) is 0 Å². The van der Waals surface area contributed by atoms with Crippen LogP contribution in [0.3, 0.4) is 0 Å². The smallest absolute Gasteiger partial charge is 0.0773 e. The monoisotopic (exact) mass is 358 g/mol. The summed E-state index contributed by atoms with van der Waals surface area (Å²) in [7, 11) is 3.56. The molecule has 0 spiro atoms. The lowest BCUT2D eigenvalue weighted by Gasteiger charge is -2.20. The topological polar surface area (TPSA) is 52.0 Å². The molecule has 7 heteroatoms. The van der Waals surface area contributed by atoms with Crippen LogP contribution < -0.4 is 5.32 Å². The molecule has 0 aliphatic rings. The maximum Gasteiger partial charge on any atom is 0.0773 e. The molecule has 108 valence electrons. The van der Waals surface area contributed by atoms with Crippen molar-refractivity contribution in [3.8, 4) is 0 Å². The van der Waals surface area contributed by atoms with Crippen molar-refractivity contribution < 1.29 is 4.74 Å². The van der Waals surface area contributed by atoms with Crippen LogP contribution in [0.5, 0.6) is 0 Å². The van der Waals surface area contributed by atoms with E-state index in [2.05, 4.69) is 31.3 Å². The lowest BCUT2D eigenvalue weighted by atomic mass is 10.1. The summed E-state index contributed by atoms with van der Waals surface area (Å²) in [5.74, 6) is 0. The van der Waals surface area contributed by atoms with Crippen LogP contribution >= 0.6 is 27.5 Å². The van der Waals surface area contributed by atoms with E-state index in [9.17, 15) is 0 Å². The van der Waals surface area contributed by atoms with E-state index in [1.807, 2.05) is 17.8 Å². The Balaban J connectivity index is 2.42. The number of nitrogens with one attached hydrogen (secondary N) is 1. The Kier molecular flexibility index (Phi) is 5.54. The molecule has 1 atom stereocenters. The number of hydrogen-bond donors (Lipinski definition) is 1. The van der Waals surface area contributed by atoms with E-state index < -0.39 is 0 Å². The summed E-state index contributed by atoms with van der Waals surface area (Å²) in [6, 6.07) is 1.84. The molecule has 0 aliphatic heterocycles. The van der Waals surface area contributed by atoms with Crippen molar-refractivity contribution in [2.45, 2.75) is 12.6 Å². The molecule has 0 saturated heterocycles. The summed E-state index contributed by atoms with van der Waals surface area (Å²) in [5.41, 5.74) is 1.97. The molecule has 1 N–H and O–H groups in total. The first-order valence-electron chi connectivity index (χ1n) is 6.15. The number of ether oxygens (including phenoxy) is 1. The van der Waals surface area contributed by atoms with E-state index in [1.165, 1.54) is 0 Å². The zero-order chi connectivity index (χ0) is 14.5. The quantitative estimate of drug-likeness (QED) is 0.861. The first-order chi connectivity index (χ1) is 9.69. The highest BCUT2D eigenvalue weighted by molar-refractivity contribution is 9.10. The van der Waals surface area contributed by atoms with Crippen LogP contribution in [0.1, 0.15) is 17.3 Å². The fourth-order valence-corrected chi connectivity index (χ4v) is 2.83. The summed E-state index contributed by atoms with van der Waals surface area (Å²) in [5, 5.41) is 8.27. The zero-order valence-electron chi connectivity index (χ0n) is 11.3. The van der Waals surface area contributed by atoms with Gasteiger partial charge in [-0.2, -0.15) is 5.10 Å². The molecule has 2 aromatic rings. The zero-order valence-corrected chi connectivity index (χ0v) is 13.6. The van der Waals surface area contributed by atoms with Gasteiger partial charge < -0.3 is 10.1 Å². The molecule has 0 aliphatic carbocycles. The van der Waals surface area contributed by atoms with Crippen LogP contribution in [0.25, 0.3) is 0 Å². The van der Waals surface area contributed by atoms with Crippen LogP contribution in [-0.4, -0.2) is 35.5 Å². The molecular formula is C13H16BrClN4O. The molecule has 5 nitrogen and oxygen atoms in total. The van der Waals surface area contributed by atoms with Crippen LogP contribution in [0, 0.1) is 0 Å². The molecule has 2 rings (SSSR count). The Labute approximate surface area is 131 Å². The first-order valence-corrected chi connectivity index (χ1v) is 7.33. The molecule has 20 heavy (non-hydrogen) atoms. The second-order valence-corrected chi connectivity index (χ2v) is 5.47. The predicted molar refractivity (Wildman–Crippen MR) is 82.0 cm³/mol. The number of halogens is 2. The maximum atomic E-state index is 6.25. The predicted octanol–water partition coefficient (Wildman–Crippen LogP) is 2.65. The molecule has 2 aromatic heterocycles. The van der Waals surface area contributed by atoms with Gasteiger partial charge in [0.15, 0.2) is 0 Å². The van der Waals surface area contributed by atoms with Crippen molar-refractivity contribution in [1.29, 1.82) is 0 Å². The fourth-order valence-electron chi connectivity index (χ4n) is 2.07. The van der Waals surface area contributed by atoms with Crippen LogP contribution in [0.15, 0.2) is 29.1 Å². The van der Waals surface area contributed by atoms with E-state index in [-0.39, 0.29) is 6.04 Å². The van der Waals surface area contributed by atoms with Gasteiger partial charge in [0.2, 0.25) is 0 Å². The van der Waals surface area contributed by atoms with Crippen molar-refractivity contribution in [1.82, 2.24) is 20.1 Å². The number of pyridine rings is 1. The largest absolute Gasteiger partial charge is 0.383 e. The fraction of sp³-hybridized carbons (Fsp3) is 0.385. The minimum absolute atomic E-state index is 0.0702. The van der Waals surface area contributed by atoms with Gasteiger partial charge in [-0.3, -0.25) is 9.67 Å². The van der Waals surface area contributed by atoms with Crippen molar-refractivity contribution in [2.24, 2.45) is 0 Å². The molecule has 0 bridgehead atoms. The third-order valence-electron chi connectivity index (χ3n) is 3.02. The van der Waals surface area contributed by atoms with E-state index in [0.29, 0.717) is 18.2 Å². The van der Waals surface area contributed by atoms with Crippen molar-refractivity contribution >= 4 is 27.5 Å². The van der Waals surface area contributed by atoms with E-state index >= 15 is 0 Å². The third kappa shape index (κ3) is 3.20. The standard InChI is InChI=1S/C13H16BrClN4O/c1-16-12(9-3-4-17-8-11(9)15)13-10(14)7-18-19(13)5-6-20-2/h3-4,7-8,12,16H,5-6H2,1-2H3. The highest BCUT2D eigenvalue weighted by atomic mass is 79.9. The van der Waals surface area contributed by atoms with Gasteiger partial charge in [0.1, 0.15) is 0 Å². The van der Waals surface area contributed by atoms with E-state index in [0.717, 1.165) is 15.7 Å². The average Bonchev–Trinajstić information content (AvgIpc) is 2.81. The molecule has 0 fully saturated rings. The highest BCUT2D eigenvalue weighted by Gasteiger charge is 2.22. The molecule has 0 saturated carbocycles. The van der Waals surface area contributed by atoms with Crippen LogP contribution in [-0.2, 0) is 11.3 Å². The molecule has 0 amide bonds. The van der Waals surface area contributed by atoms with Gasteiger partial charge >= 0.3 is 0 Å². The highest BCUT2D eigenvalue weighted by Crippen LogP contribution is 2.31. The number of nitrogens with zero attached hydrogens (tertiary/aromatic N) is 3. The van der Waals surface area contributed by atoms with Crippen molar-refractivity contribution in [3.05, 3.63) is 45.4 Å². The first kappa shape index (κ1) is 15.4. The minimum atomic E-state index is -0.0702. The van der Waals surface area contributed by atoms with Gasteiger partial charge in [-0.15, -0.1) is 0 Å². The van der Waals surface area contributed by atoms with Gasteiger partial charge in [0.05, 0.1) is 40.6 Å². The Bertz CT molecular complexity index is 575. The molecule has 1 unspecified atom stereocenters. The SMILES string of the molecule is CNC(c1ccncc1Cl)c1c(Br)cnn1CCOC. The second kappa shape index (κ2) is 7.17. The van der Waals surface area contributed by atoms with Gasteiger partial charge in [0.25, 0.3) is 0 Å².